The van der Waals surface area contributed by atoms with Gasteiger partial charge in [-0.15, -0.1) is 11.3 Å². The molecular weight excluding hydrogens is 453 g/mol. The third kappa shape index (κ3) is 4.33. The molecule has 0 spiro atoms. The van der Waals surface area contributed by atoms with Crippen LogP contribution in [0.3, 0.4) is 0 Å². The van der Waals surface area contributed by atoms with E-state index >= 15 is 0 Å². The molecule has 1 aliphatic carbocycles. The van der Waals surface area contributed by atoms with E-state index in [1.165, 1.54) is 38.7 Å². The van der Waals surface area contributed by atoms with Gasteiger partial charge in [-0.2, -0.15) is 0 Å². The molecule has 1 N–H and O–H groups in total. The fourth-order valence-corrected chi connectivity index (χ4v) is 5.92. The van der Waals surface area contributed by atoms with Crippen molar-refractivity contribution in [1.82, 2.24) is 9.13 Å². The Morgan fingerprint density at radius 3 is 2.59 bits per heavy atom. The summed E-state index contributed by atoms with van der Waals surface area (Å²) in [5.41, 5.74) is 1.58. The minimum absolute atomic E-state index is 0.230. The second kappa shape index (κ2) is 9.38. The first-order valence-electron chi connectivity index (χ1n) is 11.4. The van der Waals surface area contributed by atoms with E-state index in [0.29, 0.717) is 22.3 Å². The smallest absolute Gasteiger partial charge is 0.324 e. The van der Waals surface area contributed by atoms with Gasteiger partial charge in [0.1, 0.15) is 17.2 Å². The van der Waals surface area contributed by atoms with Gasteiger partial charge < -0.3 is 5.32 Å². The van der Waals surface area contributed by atoms with Crippen LogP contribution in [0.15, 0.2) is 64.2 Å². The zero-order chi connectivity index (χ0) is 23.7. The number of aryl methyl sites for hydroxylation is 3. The Hall–Kier alpha value is -3.52. The molecule has 1 amide bonds. The second-order valence-corrected chi connectivity index (χ2v) is 9.59. The van der Waals surface area contributed by atoms with Gasteiger partial charge in [-0.25, -0.2) is 9.18 Å². The molecule has 0 atom stereocenters. The highest BCUT2D eigenvalue weighted by Crippen LogP contribution is 2.34. The summed E-state index contributed by atoms with van der Waals surface area (Å²) >= 11 is 1.44. The lowest BCUT2D eigenvalue weighted by molar-refractivity contribution is -0.116. The van der Waals surface area contributed by atoms with Crippen LogP contribution < -0.4 is 16.6 Å². The highest BCUT2D eigenvalue weighted by molar-refractivity contribution is 7.18. The van der Waals surface area contributed by atoms with E-state index in [4.69, 9.17) is 0 Å². The van der Waals surface area contributed by atoms with Crippen molar-refractivity contribution in [2.45, 2.75) is 45.2 Å². The van der Waals surface area contributed by atoms with Gasteiger partial charge in [0, 0.05) is 17.1 Å². The van der Waals surface area contributed by atoms with E-state index in [2.05, 4.69) is 5.32 Å². The number of carbonyl (C=O) groups excluding carboxylic acids is 1. The summed E-state index contributed by atoms with van der Waals surface area (Å²) in [4.78, 5) is 41.5. The van der Waals surface area contributed by atoms with E-state index in [-0.39, 0.29) is 18.6 Å². The molecule has 0 saturated heterocycles. The summed E-state index contributed by atoms with van der Waals surface area (Å²) in [6, 6.07) is 15.3. The molecule has 0 bridgehead atoms. The Bertz CT molecular complexity index is 1490. The van der Waals surface area contributed by atoms with Crippen LogP contribution >= 0.6 is 11.3 Å². The molecule has 0 aliphatic heterocycles. The van der Waals surface area contributed by atoms with Gasteiger partial charge >= 0.3 is 5.69 Å². The van der Waals surface area contributed by atoms with Crippen molar-refractivity contribution in [2.24, 2.45) is 0 Å². The van der Waals surface area contributed by atoms with Crippen molar-refractivity contribution in [1.29, 1.82) is 0 Å². The van der Waals surface area contributed by atoms with Crippen molar-refractivity contribution in [3.8, 4) is 0 Å². The number of nitrogens with zero attached hydrogens (tertiary/aromatic N) is 2. The van der Waals surface area contributed by atoms with Crippen LogP contribution in [0.2, 0.25) is 0 Å². The van der Waals surface area contributed by atoms with E-state index < -0.39 is 17.4 Å². The molecule has 174 valence electrons. The molecule has 0 fully saturated rings. The lowest BCUT2D eigenvalue weighted by atomic mass is 9.97. The summed E-state index contributed by atoms with van der Waals surface area (Å²) in [7, 11) is 0. The number of anilines is 1. The zero-order valence-electron chi connectivity index (χ0n) is 18.6. The van der Waals surface area contributed by atoms with Gasteiger partial charge in [-0.3, -0.25) is 18.7 Å². The summed E-state index contributed by atoms with van der Waals surface area (Å²) in [5, 5.41) is 3.22. The number of thiophene rings is 1. The van der Waals surface area contributed by atoms with Gasteiger partial charge in [0.15, 0.2) is 0 Å². The first-order chi connectivity index (χ1) is 16.5. The minimum atomic E-state index is -0.499. The zero-order valence-corrected chi connectivity index (χ0v) is 19.4. The molecule has 2 aromatic heterocycles. The molecule has 6 nitrogen and oxygen atoms in total. The Labute approximate surface area is 199 Å². The van der Waals surface area contributed by atoms with Crippen molar-refractivity contribution in [3.05, 3.63) is 97.3 Å². The first kappa shape index (κ1) is 22.3. The van der Waals surface area contributed by atoms with Crippen molar-refractivity contribution in [2.75, 3.05) is 5.32 Å². The fourth-order valence-electron chi connectivity index (χ4n) is 4.55. The Balaban J connectivity index is 1.56. The van der Waals surface area contributed by atoms with Crippen LogP contribution in [-0.4, -0.2) is 15.0 Å². The number of carbonyl (C=O) groups is 1. The number of amides is 1. The monoisotopic (exact) mass is 477 g/mol. The number of rotatable bonds is 6. The second-order valence-electron chi connectivity index (χ2n) is 8.51. The Morgan fingerprint density at radius 1 is 1.00 bits per heavy atom. The van der Waals surface area contributed by atoms with Gasteiger partial charge in [0.05, 0.1) is 5.39 Å². The predicted octanol–water partition coefficient (Wildman–Crippen LogP) is 4.12. The first-order valence-corrected chi connectivity index (χ1v) is 12.2. The average Bonchev–Trinajstić information content (AvgIpc) is 3.22. The Kier molecular flexibility index (Phi) is 6.15. The maximum atomic E-state index is 13.5. The molecule has 0 unspecified atom stereocenters. The quantitative estimate of drug-likeness (QED) is 0.454. The lowest BCUT2D eigenvalue weighted by Gasteiger charge is -2.13. The fraction of sp³-hybridized carbons (Fsp3) is 0.269. The van der Waals surface area contributed by atoms with Crippen molar-refractivity contribution < 1.29 is 9.18 Å². The van der Waals surface area contributed by atoms with Gasteiger partial charge in [0.25, 0.3) is 5.56 Å². The van der Waals surface area contributed by atoms with E-state index in [1.807, 2.05) is 30.3 Å². The molecule has 4 aromatic rings. The molecule has 2 heterocycles. The van der Waals surface area contributed by atoms with Crippen LogP contribution in [0.5, 0.6) is 0 Å². The number of fused-ring (bicyclic) bond motifs is 3. The SMILES string of the molecule is O=C(Cn1c(=O)n(CCc2ccccc2)c(=O)c2c3c(sc21)CCCC3)Nc1cccc(F)c1. The van der Waals surface area contributed by atoms with Crippen LogP contribution in [0.25, 0.3) is 10.2 Å². The standard InChI is InChI=1S/C26H24FN3O3S/c27-18-9-6-10-19(15-18)28-22(31)16-30-25-23(20-11-4-5-12-21(20)34-25)24(32)29(26(30)33)14-13-17-7-2-1-3-8-17/h1-3,6-10,15H,4-5,11-14,16H2,(H,28,31). The number of nitrogens with one attached hydrogen (secondary N) is 1. The molecule has 0 radical (unpaired) electrons. The third-order valence-corrected chi connectivity index (χ3v) is 7.51. The molecule has 8 heteroatoms. The minimum Gasteiger partial charge on any atom is -0.324 e. The lowest BCUT2D eigenvalue weighted by Crippen LogP contribution is -2.42. The maximum Gasteiger partial charge on any atom is 0.332 e. The Morgan fingerprint density at radius 2 is 1.79 bits per heavy atom. The topological polar surface area (TPSA) is 73.1 Å². The molecule has 0 saturated carbocycles. The summed E-state index contributed by atoms with van der Waals surface area (Å²) < 4.78 is 16.2. The molecule has 2 aromatic carbocycles. The normalized spacial score (nSPS) is 13.1. The van der Waals surface area contributed by atoms with Gasteiger partial charge in [0.2, 0.25) is 5.91 Å². The largest absolute Gasteiger partial charge is 0.332 e. The summed E-state index contributed by atoms with van der Waals surface area (Å²) in [6.07, 6.45) is 4.26. The average molecular weight is 478 g/mol. The summed E-state index contributed by atoms with van der Waals surface area (Å²) in [6.45, 7) is -0.0232. The number of hydrogen-bond donors (Lipinski definition) is 1. The van der Waals surface area contributed by atoms with Gasteiger partial charge in [-0.05, 0) is 61.4 Å². The maximum absolute atomic E-state index is 13.5. The number of hydrogen-bond acceptors (Lipinski definition) is 4. The van der Waals surface area contributed by atoms with E-state index in [0.717, 1.165) is 41.7 Å². The molecular formula is C26H24FN3O3S. The van der Waals surface area contributed by atoms with Crippen LogP contribution in [0.4, 0.5) is 10.1 Å². The third-order valence-electron chi connectivity index (χ3n) is 6.20. The number of benzene rings is 2. The molecule has 5 rings (SSSR count). The van der Waals surface area contributed by atoms with Crippen LogP contribution in [0, 0.1) is 5.82 Å². The molecule has 34 heavy (non-hydrogen) atoms. The highest BCUT2D eigenvalue weighted by atomic mass is 32.1. The number of aromatic nitrogens is 2. The van der Waals surface area contributed by atoms with E-state index in [9.17, 15) is 18.8 Å². The highest BCUT2D eigenvalue weighted by Gasteiger charge is 2.24. The number of halogens is 1. The van der Waals surface area contributed by atoms with Crippen LogP contribution in [-0.2, 0) is 37.1 Å². The molecule has 1 aliphatic rings. The predicted molar refractivity (Wildman–Crippen MR) is 132 cm³/mol. The van der Waals surface area contributed by atoms with Crippen LogP contribution in [0.1, 0.15) is 28.8 Å². The van der Waals surface area contributed by atoms with Crippen molar-refractivity contribution >= 4 is 33.1 Å². The van der Waals surface area contributed by atoms with Crippen molar-refractivity contribution in [3.63, 3.8) is 0 Å². The summed E-state index contributed by atoms with van der Waals surface area (Å²) in [5.74, 6) is -0.911. The van der Waals surface area contributed by atoms with Gasteiger partial charge in [-0.1, -0.05) is 36.4 Å². The van der Waals surface area contributed by atoms with E-state index in [1.54, 1.807) is 6.07 Å².